The first-order valence-corrected chi connectivity index (χ1v) is 8.69. The Labute approximate surface area is 137 Å². The predicted octanol–water partition coefficient (Wildman–Crippen LogP) is 3.64. The van der Waals surface area contributed by atoms with Crippen molar-refractivity contribution in [1.82, 2.24) is 9.47 Å². The lowest BCUT2D eigenvalue weighted by atomic mass is 10.1. The van der Waals surface area contributed by atoms with Crippen molar-refractivity contribution in [3.63, 3.8) is 0 Å². The van der Waals surface area contributed by atoms with E-state index in [1.165, 1.54) is 41.1 Å². The minimum absolute atomic E-state index is 0.327. The maximum absolute atomic E-state index is 10.6. The third-order valence-corrected chi connectivity index (χ3v) is 4.99. The Morgan fingerprint density at radius 3 is 1.96 bits per heavy atom. The molecular weight excluding hydrogens is 284 g/mol. The molecule has 120 valence electrons. The SMILES string of the molecule is O[C@H](CN1CCCCC1)Cn1c2ccccc2c2ccccc21. The Kier molecular flexibility index (Phi) is 4.06. The van der Waals surface area contributed by atoms with Crippen LogP contribution < -0.4 is 0 Å². The second-order valence-corrected chi connectivity index (χ2v) is 6.66. The second-order valence-electron chi connectivity index (χ2n) is 6.66. The highest BCUT2D eigenvalue weighted by atomic mass is 16.3. The van der Waals surface area contributed by atoms with Crippen molar-refractivity contribution < 1.29 is 5.11 Å². The van der Waals surface area contributed by atoms with Crippen LogP contribution in [0.3, 0.4) is 0 Å². The van der Waals surface area contributed by atoms with E-state index in [1.807, 2.05) is 0 Å². The molecule has 0 unspecified atom stereocenters. The van der Waals surface area contributed by atoms with E-state index < -0.39 is 0 Å². The van der Waals surface area contributed by atoms with Gasteiger partial charge in [0, 0.05) is 28.4 Å². The first kappa shape index (κ1) is 14.7. The highest BCUT2D eigenvalue weighted by Gasteiger charge is 2.17. The molecule has 1 fully saturated rings. The van der Waals surface area contributed by atoms with Crippen LogP contribution in [0.1, 0.15) is 19.3 Å². The van der Waals surface area contributed by atoms with Crippen molar-refractivity contribution in [3.8, 4) is 0 Å². The van der Waals surface area contributed by atoms with Gasteiger partial charge >= 0.3 is 0 Å². The summed E-state index contributed by atoms with van der Waals surface area (Å²) in [7, 11) is 0. The number of nitrogens with zero attached hydrogens (tertiary/aromatic N) is 2. The number of hydrogen-bond acceptors (Lipinski definition) is 2. The molecule has 0 bridgehead atoms. The maximum atomic E-state index is 10.6. The molecule has 3 nitrogen and oxygen atoms in total. The summed E-state index contributed by atoms with van der Waals surface area (Å²) in [6, 6.07) is 17.0. The smallest absolute Gasteiger partial charge is 0.0845 e. The second kappa shape index (κ2) is 6.34. The lowest BCUT2D eigenvalue weighted by molar-refractivity contribution is 0.0901. The molecule has 1 aromatic heterocycles. The lowest BCUT2D eigenvalue weighted by Gasteiger charge is -2.28. The number of aliphatic hydroxyl groups excluding tert-OH is 1. The standard InChI is InChI=1S/C20H24N2O/c23-16(14-21-12-6-1-7-13-21)15-22-19-10-4-2-8-17(19)18-9-3-5-11-20(18)22/h2-5,8-11,16,23H,1,6-7,12-15H2/t16-/m1/s1. The van der Waals surface area contributed by atoms with Crippen LogP contribution in [0.5, 0.6) is 0 Å². The molecule has 1 aliphatic rings. The molecule has 1 N–H and O–H groups in total. The summed E-state index contributed by atoms with van der Waals surface area (Å²) < 4.78 is 2.28. The first-order valence-electron chi connectivity index (χ1n) is 8.69. The molecule has 1 aliphatic heterocycles. The monoisotopic (exact) mass is 308 g/mol. The molecule has 23 heavy (non-hydrogen) atoms. The van der Waals surface area contributed by atoms with Crippen LogP contribution in [0.15, 0.2) is 48.5 Å². The van der Waals surface area contributed by atoms with Crippen LogP contribution in [-0.4, -0.2) is 40.3 Å². The summed E-state index contributed by atoms with van der Waals surface area (Å²) in [6.07, 6.45) is 3.54. The Morgan fingerprint density at radius 2 is 1.35 bits per heavy atom. The zero-order chi connectivity index (χ0) is 15.6. The van der Waals surface area contributed by atoms with E-state index in [0.29, 0.717) is 6.54 Å². The number of fused-ring (bicyclic) bond motifs is 3. The van der Waals surface area contributed by atoms with Gasteiger partial charge in [-0.1, -0.05) is 42.8 Å². The van der Waals surface area contributed by atoms with E-state index in [1.54, 1.807) is 0 Å². The fraction of sp³-hybridized carbons (Fsp3) is 0.400. The Bertz CT molecular complexity index is 748. The van der Waals surface area contributed by atoms with Crippen molar-refractivity contribution >= 4 is 21.8 Å². The van der Waals surface area contributed by atoms with Gasteiger partial charge in [-0.25, -0.2) is 0 Å². The number of benzene rings is 2. The molecule has 3 heteroatoms. The molecule has 2 aromatic carbocycles. The fourth-order valence-corrected chi connectivity index (χ4v) is 3.91. The average Bonchev–Trinajstić information content (AvgIpc) is 2.90. The summed E-state index contributed by atoms with van der Waals surface area (Å²) in [5.74, 6) is 0. The summed E-state index contributed by atoms with van der Waals surface area (Å²) in [5, 5.41) is 13.2. The van der Waals surface area contributed by atoms with Gasteiger partial charge in [0.2, 0.25) is 0 Å². The third-order valence-electron chi connectivity index (χ3n) is 4.99. The van der Waals surface area contributed by atoms with Crippen LogP contribution in [-0.2, 0) is 6.54 Å². The summed E-state index contributed by atoms with van der Waals surface area (Å²) in [5.41, 5.74) is 2.43. The van der Waals surface area contributed by atoms with E-state index in [0.717, 1.165) is 19.6 Å². The zero-order valence-electron chi connectivity index (χ0n) is 13.5. The van der Waals surface area contributed by atoms with Gasteiger partial charge in [-0.05, 0) is 38.1 Å². The van der Waals surface area contributed by atoms with Gasteiger partial charge in [0.1, 0.15) is 0 Å². The Balaban J connectivity index is 1.64. The predicted molar refractivity (Wildman–Crippen MR) is 95.7 cm³/mol. The molecule has 3 aromatic rings. The molecule has 1 atom stereocenters. The number of para-hydroxylation sites is 2. The number of aliphatic hydroxyl groups is 1. The van der Waals surface area contributed by atoms with Crippen molar-refractivity contribution in [2.24, 2.45) is 0 Å². The minimum Gasteiger partial charge on any atom is -0.390 e. The highest BCUT2D eigenvalue weighted by molar-refractivity contribution is 6.07. The van der Waals surface area contributed by atoms with Crippen molar-refractivity contribution in [3.05, 3.63) is 48.5 Å². The number of piperidine rings is 1. The van der Waals surface area contributed by atoms with Crippen molar-refractivity contribution in [1.29, 1.82) is 0 Å². The normalized spacial score (nSPS) is 17.8. The number of β-amino-alcohol motifs (C(OH)–C–C–N with tert-alkyl or cyclic N) is 1. The van der Waals surface area contributed by atoms with Crippen LogP contribution in [0, 0.1) is 0 Å². The van der Waals surface area contributed by atoms with E-state index in [9.17, 15) is 5.11 Å². The number of hydrogen-bond donors (Lipinski definition) is 1. The van der Waals surface area contributed by atoms with Crippen LogP contribution in [0.2, 0.25) is 0 Å². The van der Waals surface area contributed by atoms with Crippen molar-refractivity contribution in [2.75, 3.05) is 19.6 Å². The molecule has 1 saturated heterocycles. The molecule has 0 amide bonds. The molecular formula is C20H24N2O. The van der Waals surface area contributed by atoms with Gasteiger partial charge in [0.15, 0.2) is 0 Å². The summed E-state index contributed by atoms with van der Waals surface area (Å²) in [6.45, 7) is 3.69. The highest BCUT2D eigenvalue weighted by Crippen LogP contribution is 2.28. The average molecular weight is 308 g/mol. The Morgan fingerprint density at radius 1 is 0.783 bits per heavy atom. The third kappa shape index (κ3) is 2.87. The van der Waals surface area contributed by atoms with Gasteiger partial charge < -0.3 is 14.6 Å². The molecule has 0 radical (unpaired) electrons. The zero-order valence-corrected chi connectivity index (χ0v) is 13.5. The largest absolute Gasteiger partial charge is 0.390 e. The van der Waals surface area contributed by atoms with E-state index in [-0.39, 0.29) is 6.10 Å². The first-order chi connectivity index (χ1) is 11.3. The summed E-state index contributed by atoms with van der Waals surface area (Å²) >= 11 is 0. The van der Waals surface area contributed by atoms with E-state index >= 15 is 0 Å². The van der Waals surface area contributed by atoms with E-state index in [2.05, 4.69) is 58.0 Å². The van der Waals surface area contributed by atoms with Gasteiger partial charge in [-0.15, -0.1) is 0 Å². The number of likely N-dealkylation sites (tertiary alicyclic amines) is 1. The van der Waals surface area contributed by atoms with Crippen LogP contribution in [0.4, 0.5) is 0 Å². The maximum Gasteiger partial charge on any atom is 0.0845 e. The van der Waals surface area contributed by atoms with Crippen molar-refractivity contribution in [2.45, 2.75) is 31.9 Å². The molecule has 0 saturated carbocycles. The lowest BCUT2D eigenvalue weighted by Crippen LogP contribution is -2.38. The molecule has 2 heterocycles. The van der Waals surface area contributed by atoms with E-state index in [4.69, 9.17) is 0 Å². The Hall–Kier alpha value is -1.84. The molecule has 0 spiro atoms. The number of aromatic nitrogens is 1. The quantitative estimate of drug-likeness (QED) is 0.797. The molecule has 4 rings (SSSR count). The van der Waals surface area contributed by atoms with Gasteiger partial charge in [-0.2, -0.15) is 0 Å². The minimum atomic E-state index is -0.327. The fourth-order valence-electron chi connectivity index (χ4n) is 3.91. The van der Waals surface area contributed by atoms with Crippen LogP contribution >= 0.6 is 0 Å². The van der Waals surface area contributed by atoms with Crippen LogP contribution in [0.25, 0.3) is 21.8 Å². The summed E-state index contributed by atoms with van der Waals surface area (Å²) in [4.78, 5) is 2.40. The number of rotatable bonds is 4. The van der Waals surface area contributed by atoms with Gasteiger partial charge in [0.25, 0.3) is 0 Å². The topological polar surface area (TPSA) is 28.4 Å². The van der Waals surface area contributed by atoms with Gasteiger partial charge in [0.05, 0.1) is 12.6 Å². The van der Waals surface area contributed by atoms with Gasteiger partial charge in [-0.3, -0.25) is 0 Å². The molecule has 0 aliphatic carbocycles.